The molecule has 0 aromatic rings. The van der Waals surface area contributed by atoms with Crippen molar-refractivity contribution in [3.05, 3.63) is 0 Å². The zero-order chi connectivity index (χ0) is 114. The summed E-state index contributed by atoms with van der Waals surface area (Å²) in [7, 11) is 0. The molecule has 0 saturated carbocycles. The SMILES string of the molecule is CC(C)(C)OC1CCN(C(C)(C)C)CC1.CC(C)(C)OC1CCN(C(C)(C)C)CC1.CC(C)(C)O[C@@H]1CCCCN1C(C)(C)C.CC(C)(C)O[C@@H]1CCCN(C(C)(C)C)C1.CC(C)(C)O[C@@H]1CCCN1C(C)(C)C.CC(C)(C)O[C@@H]1CCN(C(C)(C)C)C1.CC(C)(C)O[C@H]1CCCCN1C(C)(C)C.CC(C)(C)O[C@H]1CCCN(C(C)(C)C)C1.CC(C)(C)O[C@H]1CCCN1C(C)(C)C.CC(C)(C)O[C@H]1CCN(C(C)(C)C)C1. The van der Waals surface area contributed by atoms with E-state index >= 15 is 0 Å². The van der Waals surface area contributed by atoms with Gasteiger partial charge in [0, 0.05) is 147 Å². The van der Waals surface area contributed by atoms with Gasteiger partial charge in [-0.3, -0.25) is 49.0 Å². The Morgan fingerprint density at radius 3 is 0.438 bits per heavy atom. The van der Waals surface area contributed by atoms with Crippen LogP contribution in [0.3, 0.4) is 0 Å². The number of likely N-dealkylation sites (tertiary alicyclic amines) is 10. The Bertz CT molecular complexity index is 3210. The van der Waals surface area contributed by atoms with Crippen LogP contribution in [0.2, 0.25) is 0 Å². The van der Waals surface area contributed by atoms with Crippen LogP contribution in [0, 0.1) is 0 Å². The third-order valence-electron chi connectivity index (χ3n) is 27.4. The van der Waals surface area contributed by atoms with Crippen molar-refractivity contribution >= 4 is 0 Å². The van der Waals surface area contributed by atoms with Gasteiger partial charge in [-0.05, 0) is 557 Å². The maximum absolute atomic E-state index is 6.14. The second kappa shape index (κ2) is 58.3. The third kappa shape index (κ3) is 66.2. The summed E-state index contributed by atoms with van der Waals surface area (Å²) >= 11 is 0. The Morgan fingerprint density at radius 1 is 0.123 bits per heavy atom. The van der Waals surface area contributed by atoms with E-state index in [1.165, 1.54) is 207 Å². The van der Waals surface area contributed by atoms with Gasteiger partial charge in [-0.15, -0.1) is 0 Å². The Labute approximate surface area is 912 Å². The number of hydrogen-bond acceptors (Lipinski definition) is 20. The lowest BCUT2D eigenvalue weighted by molar-refractivity contribution is -0.170. The lowest BCUT2D eigenvalue weighted by Gasteiger charge is -2.46. The number of nitrogens with zero attached hydrogens (tertiary/aromatic N) is 10. The standard InChI is InChI=1S/6C13H27NO.4C12H25NO/c2*1-12(2,3)14-9-7-11(8-10-14)15-13(4,5)6;2*1-12(2,3)14-9-7-8-11(10-14)15-13(4,5)6;2*1-12(2,3)14-10-8-7-9-11(14)15-13(4,5)6;2*1-11(2,3)13-8-7-10(9-13)14-12(4,5)6;2*1-11(2,3)13-9-7-8-10(13)14-12(4,5)6/h6*11H,7-10H2,1-6H3;4*10H,7-9H2,1-6H3/t;;4*11-;4*10-/m..10101010/s1. The Hall–Kier alpha value is -0.800. The molecule has 0 amide bonds. The van der Waals surface area contributed by atoms with Gasteiger partial charge in [-0.25, -0.2) is 0 Å². The second-order valence-corrected chi connectivity index (χ2v) is 64.4. The number of piperidine rings is 6. The predicted octanol–water partition coefficient (Wildman–Crippen LogP) is 30.5. The second-order valence-electron chi connectivity index (χ2n) is 64.4. The van der Waals surface area contributed by atoms with Gasteiger partial charge in [-0.1, -0.05) is 0 Å². The molecule has 0 radical (unpaired) electrons. The Balaban J connectivity index is 0.000000811. The van der Waals surface area contributed by atoms with Gasteiger partial charge in [0.05, 0.1) is 92.6 Å². The van der Waals surface area contributed by atoms with Gasteiger partial charge in [-0.2, -0.15) is 0 Å². The quantitative estimate of drug-likeness (QED) is 0.206. The van der Waals surface area contributed by atoms with Crippen molar-refractivity contribution in [1.82, 2.24) is 49.0 Å². The molecular weight excluding hydrogens is 1810 g/mol. The molecule has 0 unspecified atom stereocenters. The van der Waals surface area contributed by atoms with Gasteiger partial charge in [0.2, 0.25) is 0 Å². The number of hydrogen-bond donors (Lipinski definition) is 0. The first-order chi connectivity index (χ1) is 64.9. The average Bonchev–Trinajstić information content (AvgIpc) is 1.54. The van der Waals surface area contributed by atoms with Crippen molar-refractivity contribution in [1.29, 1.82) is 0 Å². The van der Waals surface area contributed by atoms with Crippen LogP contribution in [0.25, 0.3) is 0 Å². The van der Waals surface area contributed by atoms with Crippen LogP contribution in [-0.2, 0) is 47.4 Å². The molecule has 0 N–H and O–H groups in total. The third-order valence-corrected chi connectivity index (χ3v) is 27.4. The lowest BCUT2D eigenvalue weighted by Crippen LogP contribution is -2.53. The molecule has 0 spiro atoms. The van der Waals surface area contributed by atoms with E-state index in [0.29, 0.717) is 72.6 Å². The van der Waals surface area contributed by atoms with Crippen molar-refractivity contribution in [3.63, 3.8) is 0 Å². The first-order valence-electron chi connectivity index (χ1n) is 59.3. The molecule has 20 nitrogen and oxygen atoms in total. The van der Waals surface area contributed by atoms with Gasteiger partial charge in [0.1, 0.15) is 24.9 Å². The highest BCUT2D eigenvalue weighted by Gasteiger charge is 2.43. The molecule has 876 valence electrons. The van der Waals surface area contributed by atoms with Crippen LogP contribution in [0.5, 0.6) is 0 Å². The molecule has 10 aliphatic rings. The molecule has 8 atom stereocenters. The average molecular weight is 2080 g/mol. The van der Waals surface area contributed by atoms with E-state index in [-0.39, 0.29) is 100 Å². The zero-order valence-corrected chi connectivity index (χ0v) is 110. The maximum atomic E-state index is 6.14. The highest BCUT2D eigenvalue weighted by molar-refractivity contribution is 4.95. The molecule has 10 fully saturated rings. The first kappa shape index (κ1) is 143. The van der Waals surface area contributed by atoms with E-state index in [4.69, 9.17) is 47.4 Å². The summed E-state index contributed by atoms with van der Waals surface area (Å²) in [6.45, 7) is 151. The fraction of sp³-hybridized carbons (Fsp3) is 1.00. The molecule has 10 saturated heterocycles. The molecular formula is C126H262N10O10. The minimum atomic E-state index is -0.0362. The van der Waals surface area contributed by atoms with Crippen LogP contribution in [0.1, 0.15) is 544 Å². The summed E-state index contributed by atoms with van der Waals surface area (Å²) in [6.07, 6.45) is 28.3. The summed E-state index contributed by atoms with van der Waals surface area (Å²) in [6, 6.07) is 0. The Kier molecular flexibility index (Phi) is 57.2. The lowest BCUT2D eigenvalue weighted by atomic mass is 9.99. The topological polar surface area (TPSA) is 125 Å². The number of ether oxygens (including phenoxy) is 10. The molecule has 0 bridgehead atoms. The maximum Gasteiger partial charge on any atom is 0.111 e. The van der Waals surface area contributed by atoms with E-state index in [0.717, 1.165) is 26.2 Å². The fourth-order valence-corrected chi connectivity index (χ4v) is 20.9. The first-order valence-corrected chi connectivity index (χ1v) is 59.3. The summed E-state index contributed by atoms with van der Waals surface area (Å²) in [4.78, 5) is 25.1. The monoisotopic (exact) mass is 2080 g/mol. The van der Waals surface area contributed by atoms with E-state index in [2.05, 4.69) is 464 Å². The van der Waals surface area contributed by atoms with E-state index in [1.54, 1.807) is 0 Å². The smallest absolute Gasteiger partial charge is 0.111 e. The van der Waals surface area contributed by atoms with Gasteiger partial charge in [0.25, 0.3) is 0 Å². The van der Waals surface area contributed by atoms with Crippen molar-refractivity contribution in [3.8, 4) is 0 Å². The van der Waals surface area contributed by atoms with Gasteiger partial charge in [0.15, 0.2) is 0 Å². The van der Waals surface area contributed by atoms with E-state index in [9.17, 15) is 0 Å². The summed E-state index contributed by atoms with van der Waals surface area (Å²) < 4.78 is 60.5. The minimum absolute atomic E-state index is 0.00143. The molecule has 20 heteroatoms. The van der Waals surface area contributed by atoms with E-state index in [1.807, 2.05) is 0 Å². The largest absolute Gasteiger partial charge is 0.373 e. The van der Waals surface area contributed by atoms with Crippen LogP contribution < -0.4 is 0 Å². The van der Waals surface area contributed by atoms with Crippen molar-refractivity contribution in [2.24, 2.45) is 0 Å². The molecule has 0 aliphatic carbocycles. The number of rotatable bonds is 10. The van der Waals surface area contributed by atoms with Crippen molar-refractivity contribution < 1.29 is 47.4 Å². The molecule has 10 rings (SSSR count). The van der Waals surface area contributed by atoms with Crippen molar-refractivity contribution in [2.45, 2.75) is 717 Å². The fourth-order valence-electron chi connectivity index (χ4n) is 20.9. The predicted molar refractivity (Wildman–Crippen MR) is 632 cm³/mol. The molecule has 10 aliphatic heterocycles. The minimum Gasteiger partial charge on any atom is -0.373 e. The summed E-state index contributed by atoms with van der Waals surface area (Å²) in [5.41, 5.74) is 2.52. The highest BCUT2D eigenvalue weighted by Crippen LogP contribution is 2.38. The normalized spacial score (nSPS) is 24.9. The molecule has 0 aromatic heterocycles. The van der Waals surface area contributed by atoms with Gasteiger partial charge < -0.3 is 47.4 Å². The summed E-state index contributed by atoms with van der Waals surface area (Å²) in [5.74, 6) is 0. The Morgan fingerprint density at radius 2 is 0.267 bits per heavy atom. The van der Waals surface area contributed by atoms with Gasteiger partial charge >= 0.3 is 0 Å². The van der Waals surface area contributed by atoms with Crippen molar-refractivity contribution in [2.75, 3.05) is 105 Å². The highest BCUT2D eigenvalue weighted by atomic mass is 16.5. The molecule has 0 aromatic carbocycles. The summed E-state index contributed by atoms with van der Waals surface area (Å²) in [5, 5.41) is 0. The molecule has 10 heterocycles. The molecule has 146 heavy (non-hydrogen) atoms. The van der Waals surface area contributed by atoms with Crippen LogP contribution in [0.15, 0.2) is 0 Å². The van der Waals surface area contributed by atoms with Crippen LogP contribution >= 0.6 is 0 Å². The van der Waals surface area contributed by atoms with Crippen LogP contribution in [-0.4, -0.2) is 327 Å². The van der Waals surface area contributed by atoms with E-state index < -0.39 is 0 Å². The van der Waals surface area contributed by atoms with Crippen LogP contribution in [0.4, 0.5) is 0 Å². The zero-order valence-electron chi connectivity index (χ0n) is 110.